The molecule has 1 heterocycles. The van der Waals surface area contributed by atoms with Crippen molar-refractivity contribution in [3.8, 4) is 0 Å². The number of aliphatic hydroxyl groups excluding tert-OH is 3. The Morgan fingerprint density at radius 1 is 0.935 bits per heavy atom. The maximum atomic E-state index is 12.8. The van der Waals surface area contributed by atoms with Crippen LogP contribution in [0.4, 0.5) is 0 Å². The van der Waals surface area contributed by atoms with Gasteiger partial charge in [0.15, 0.2) is 5.54 Å². The number of hydrogen-bond donors (Lipinski definition) is 7. The monoisotopic (exact) mass is 673 g/mol. The molecule has 1 aliphatic rings. The Kier molecular flexibility index (Phi) is 20.1. The minimum Gasteiger partial charge on any atom is -0.479 e. The van der Waals surface area contributed by atoms with E-state index in [1.165, 1.54) is 18.7 Å². The summed E-state index contributed by atoms with van der Waals surface area (Å²) in [6.45, 7) is 2.97. The highest BCUT2D eigenvalue weighted by Crippen LogP contribution is 2.43. The fourth-order valence-electron chi connectivity index (χ4n) is 5.09. The van der Waals surface area contributed by atoms with Crippen molar-refractivity contribution in [3.05, 3.63) is 36.5 Å². The van der Waals surface area contributed by atoms with Gasteiger partial charge >= 0.3 is 13.6 Å². The molecule has 264 valence electrons. The van der Waals surface area contributed by atoms with Gasteiger partial charge in [-0.25, -0.2) is 4.79 Å². The first-order valence-electron chi connectivity index (χ1n) is 16.2. The van der Waals surface area contributed by atoms with Crippen LogP contribution in [0.5, 0.6) is 0 Å². The quantitative estimate of drug-likeness (QED) is 0.0451. The number of unbranched alkanes of at least 4 members (excludes halogenated alkanes) is 5. The molecule has 0 saturated carbocycles. The molecule has 14 heteroatoms. The fraction of sp³-hybridized carbons (Fsp3) is 0.719. The van der Waals surface area contributed by atoms with Crippen LogP contribution in [0, 0.1) is 0 Å². The number of amides is 2. The highest BCUT2D eigenvalue weighted by Gasteiger charge is 2.47. The molecule has 1 aliphatic heterocycles. The molecule has 0 spiro atoms. The van der Waals surface area contributed by atoms with E-state index in [9.17, 15) is 44.3 Å². The lowest BCUT2D eigenvalue weighted by Crippen LogP contribution is -2.55. The van der Waals surface area contributed by atoms with Crippen LogP contribution in [0.1, 0.15) is 85.0 Å². The number of carbonyl (C=O) groups is 3. The summed E-state index contributed by atoms with van der Waals surface area (Å²) < 4.78 is 17.9. The summed E-state index contributed by atoms with van der Waals surface area (Å²) in [5, 5.41) is 45.1. The van der Waals surface area contributed by atoms with Crippen LogP contribution in [0.15, 0.2) is 36.5 Å². The van der Waals surface area contributed by atoms with Gasteiger partial charge in [0, 0.05) is 26.4 Å². The maximum absolute atomic E-state index is 12.8. The summed E-state index contributed by atoms with van der Waals surface area (Å²) >= 11 is 0. The van der Waals surface area contributed by atoms with E-state index in [2.05, 4.69) is 54.0 Å². The SMILES string of the molecule is CC/C=C\C/C=C\C/C=C\CCCCCCCC(=O)NC(C)(COP(=O)(O)CCN1[C@H](CO)[C@@H](O)[C@H](O)[C@H]1CNC(C)=O)C(=O)O. The minimum atomic E-state index is -4.42. The number of carboxylic acid groups (broad SMARTS) is 1. The van der Waals surface area contributed by atoms with E-state index in [0.717, 1.165) is 51.4 Å². The van der Waals surface area contributed by atoms with Crippen LogP contribution in [-0.4, -0.2) is 110 Å². The molecule has 46 heavy (non-hydrogen) atoms. The van der Waals surface area contributed by atoms with E-state index in [-0.39, 0.29) is 25.4 Å². The average molecular weight is 674 g/mol. The first kappa shape index (κ1) is 41.6. The Labute approximate surface area is 273 Å². The third-order valence-corrected chi connectivity index (χ3v) is 9.17. The summed E-state index contributed by atoms with van der Waals surface area (Å²) in [6, 6.07) is -1.79. The number of likely N-dealkylation sites (tertiary alicyclic amines) is 1. The number of carbonyl (C=O) groups excluding carboxylic acids is 2. The minimum absolute atomic E-state index is 0.0725. The molecule has 7 N–H and O–H groups in total. The van der Waals surface area contributed by atoms with E-state index in [1.54, 1.807) is 0 Å². The molecular weight excluding hydrogens is 617 g/mol. The van der Waals surface area contributed by atoms with Crippen molar-refractivity contribution in [2.24, 2.45) is 0 Å². The lowest BCUT2D eigenvalue weighted by molar-refractivity contribution is -0.148. The Morgan fingerprint density at radius 2 is 1.52 bits per heavy atom. The van der Waals surface area contributed by atoms with Gasteiger partial charge in [0.2, 0.25) is 11.8 Å². The van der Waals surface area contributed by atoms with Crippen LogP contribution in [0.25, 0.3) is 0 Å². The van der Waals surface area contributed by atoms with Gasteiger partial charge in [-0.05, 0) is 45.4 Å². The van der Waals surface area contributed by atoms with Crippen molar-refractivity contribution in [2.75, 3.05) is 32.5 Å². The predicted octanol–water partition coefficient (Wildman–Crippen LogP) is 2.64. The van der Waals surface area contributed by atoms with Crippen LogP contribution in [0.2, 0.25) is 0 Å². The third kappa shape index (κ3) is 15.9. The summed E-state index contributed by atoms with van der Waals surface area (Å²) in [4.78, 5) is 47.7. The maximum Gasteiger partial charge on any atom is 0.331 e. The molecule has 1 rings (SSSR count). The Hall–Kier alpha value is -2.38. The molecule has 0 bridgehead atoms. The number of carboxylic acids is 1. The Balaban J connectivity index is 2.45. The van der Waals surface area contributed by atoms with Crippen molar-refractivity contribution < 1.29 is 48.8 Å². The van der Waals surface area contributed by atoms with Crippen LogP contribution in [-0.2, 0) is 23.5 Å². The zero-order valence-corrected chi connectivity index (χ0v) is 28.4. The van der Waals surface area contributed by atoms with Gasteiger partial charge in [0.1, 0.15) is 0 Å². The number of nitrogens with one attached hydrogen (secondary N) is 2. The summed E-state index contributed by atoms with van der Waals surface area (Å²) in [7, 11) is -4.42. The predicted molar refractivity (Wildman–Crippen MR) is 176 cm³/mol. The summed E-state index contributed by atoms with van der Waals surface area (Å²) in [6.07, 6.45) is 18.2. The first-order valence-corrected chi connectivity index (χ1v) is 18.0. The summed E-state index contributed by atoms with van der Waals surface area (Å²) in [5.74, 6) is -2.32. The summed E-state index contributed by atoms with van der Waals surface area (Å²) in [5.41, 5.74) is -1.95. The zero-order chi connectivity index (χ0) is 34.6. The lowest BCUT2D eigenvalue weighted by atomic mass is 10.0. The molecule has 1 fully saturated rings. The van der Waals surface area contributed by atoms with Gasteiger partial charge in [-0.3, -0.25) is 19.1 Å². The van der Waals surface area contributed by atoms with Crippen molar-refractivity contribution in [1.29, 1.82) is 0 Å². The molecule has 2 unspecified atom stereocenters. The van der Waals surface area contributed by atoms with Crippen molar-refractivity contribution >= 4 is 25.4 Å². The second kappa shape index (κ2) is 22.2. The number of aliphatic carboxylic acids is 1. The normalized spacial score (nSPS) is 23.2. The molecular formula is C32H56N3O10P. The van der Waals surface area contributed by atoms with E-state index in [4.69, 9.17) is 4.52 Å². The third-order valence-electron chi connectivity index (χ3n) is 7.88. The molecule has 1 saturated heterocycles. The molecule has 0 aromatic rings. The number of rotatable bonds is 24. The topological polar surface area (TPSA) is 206 Å². The number of aliphatic hydroxyl groups is 3. The molecule has 0 aromatic carbocycles. The van der Waals surface area contributed by atoms with E-state index in [1.807, 2.05) is 0 Å². The molecule has 6 atom stereocenters. The van der Waals surface area contributed by atoms with E-state index < -0.39 is 68.7 Å². The average Bonchev–Trinajstić information content (AvgIpc) is 3.23. The van der Waals surface area contributed by atoms with Gasteiger partial charge in [-0.15, -0.1) is 0 Å². The van der Waals surface area contributed by atoms with E-state index in [0.29, 0.717) is 6.42 Å². The fourth-order valence-corrected chi connectivity index (χ4v) is 6.16. The number of allylic oxidation sites excluding steroid dienone is 6. The van der Waals surface area contributed by atoms with Crippen molar-refractivity contribution in [2.45, 2.75) is 115 Å². The standard InChI is InChI=1S/C32H56N3O10P/c1-4-5-6-7-8-9-10-11-12-13-14-15-16-17-18-19-28(38)34-32(3,31(41)42)24-45-46(43,44)21-20-35-26(22-33-25(2)37)29(39)30(40)27(35)23-36/h5-6,8-9,11-12,26-27,29-30,36,39-40H,4,7,10,13-24H2,1-3H3,(H,33,37)(H,34,38)(H,41,42)(H,43,44)/b6-5-,9-8-,12-11-/t26-,27-,29-,30-,32?/m1/s1. The molecule has 2 amide bonds. The largest absolute Gasteiger partial charge is 0.479 e. The van der Waals surface area contributed by atoms with Gasteiger partial charge in [-0.1, -0.05) is 62.6 Å². The number of nitrogens with zero attached hydrogens (tertiary/aromatic N) is 1. The second-order valence-corrected chi connectivity index (χ2v) is 13.9. The number of hydrogen-bond acceptors (Lipinski definition) is 9. The smallest absolute Gasteiger partial charge is 0.331 e. The van der Waals surface area contributed by atoms with Gasteiger partial charge in [0.05, 0.1) is 43.7 Å². The highest BCUT2D eigenvalue weighted by molar-refractivity contribution is 7.52. The van der Waals surface area contributed by atoms with Gasteiger partial charge in [0.25, 0.3) is 0 Å². The molecule has 0 aromatic heterocycles. The van der Waals surface area contributed by atoms with Crippen LogP contribution >= 0.6 is 7.60 Å². The highest BCUT2D eigenvalue weighted by atomic mass is 31.2. The van der Waals surface area contributed by atoms with Crippen molar-refractivity contribution in [1.82, 2.24) is 15.5 Å². The van der Waals surface area contributed by atoms with Gasteiger partial charge in [-0.2, -0.15) is 0 Å². The molecule has 0 aliphatic carbocycles. The van der Waals surface area contributed by atoms with Crippen LogP contribution < -0.4 is 10.6 Å². The molecule has 13 nitrogen and oxygen atoms in total. The van der Waals surface area contributed by atoms with Crippen LogP contribution in [0.3, 0.4) is 0 Å². The first-order chi connectivity index (χ1) is 21.8. The van der Waals surface area contributed by atoms with Gasteiger partial charge < -0.3 is 40.5 Å². The Morgan fingerprint density at radius 3 is 2.13 bits per heavy atom. The van der Waals surface area contributed by atoms with Crippen molar-refractivity contribution in [3.63, 3.8) is 0 Å². The van der Waals surface area contributed by atoms with E-state index >= 15 is 0 Å². The lowest BCUT2D eigenvalue weighted by Gasteiger charge is -2.31. The Bertz CT molecular complexity index is 1070. The second-order valence-electron chi connectivity index (χ2n) is 11.9. The zero-order valence-electron chi connectivity index (χ0n) is 27.6. The molecule has 0 radical (unpaired) electrons.